The fraction of sp³-hybridized carbons (Fsp3) is 0.500. The van der Waals surface area contributed by atoms with Crippen molar-refractivity contribution in [1.82, 2.24) is 10.2 Å². The molecular weight excluding hydrogens is 290 g/mol. The van der Waals surface area contributed by atoms with E-state index in [0.29, 0.717) is 0 Å². The van der Waals surface area contributed by atoms with E-state index in [-0.39, 0.29) is 12.1 Å². The Balaban J connectivity index is 1.46. The van der Waals surface area contributed by atoms with Gasteiger partial charge in [-0.3, -0.25) is 4.90 Å². The van der Waals surface area contributed by atoms with Crippen LogP contribution in [0.4, 0.5) is 10.5 Å². The van der Waals surface area contributed by atoms with Gasteiger partial charge in [0.25, 0.3) is 0 Å². The van der Waals surface area contributed by atoms with Crippen LogP contribution in [-0.4, -0.2) is 43.2 Å². The zero-order valence-electron chi connectivity index (χ0n) is 13.7. The van der Waals surface area contributed by atoms with Crippen molar-refractivity contribution in [1.29, 1.82) is 0 Å². The maximum atomic E-state index is 12.2. The summed E-state index contributed by atoms with van der Waals surface area (Å²) >= 11 is 0. The average Bonchev–Trinajstić information content (AvgIpc) is 2.96. The highest BCUT2D eigenvalue weighted by Crippen LogP contribution is 2.27. The number of carbonyl (C=O) groups is 1. The van der Waals surface area contributed by atoms with Crippen molar-refractivity contribution in [3.8, 4) is 5.75 Å². The predicted molar refractivity (Wildman–Crippen MR) is 92.1 cm³/mol. The van der Waals surface area contributed by atoms with Crippen molar-refractivity contribution in [2.75, 3.05) is 31.6 Å². The molecule has 2 aliphatic rings. The number of hydrogen-bond acceptors (Lipinski definition) is 3. The zero-order valence-corrected chi connectivity index (χ0v) is 13.7. The molecule has 0 aromatic heterocycles. The van der Waals surface area contributed by atoms with Crippen molar-refractivity contribution < 1.29 is 9.53 Å². The van der Waals surface area contributed by atoms with Crippen LogP contribution in [0.25, 0.3) is 0 Å². The molecule has 1 aromatic carbocycles. The summed E-state index contributed by atoms with van der Waals surface area (Å²) < 4.78 is 5.48. The van der Waals surface area contributed by atoms with Gasteiger partial charge >= 0.3 is 6.03 Å². The van der Waals surface area contributed by atoms with E-state index < -0.39 is 0 Å². The molecule has 1 saturated heterocycles. The van der Waals surface area contributed by atoms with Gasteiger partial charge in [0.05, 0.1) is 6.61 Å². The number of hydrogen-bond donors (Lipinski definition) is 2. The lowest BCUT2D eigenvalue weighted by Gasteiger charge is -2.32. The van der Waals surface area contributed by atoms with Gasteiger partial charge in [-0.25, -0.2) is 4.79 Å². The summed E-state index contributed by atoms with van der Waals surface area (Å²) in [6, 6.07) is 5.93. The summed E-state index contributed by atoms with van der Waals surface area (Å²) in [7, 11) is 0. The Kier molecular flexibility index (Phi) is 4.86. The van der Waals surface area contributed by atoms with Crippen LogP contribution in [0.2, 0.25) is 0 Å². The van der Waals surface area contributed by atoms with E-state index in [1.165, 1.54) is 5.57 Å². The number of amides is 2. The number of nitrogens with one attached hydrogen (secondary N) is 2. The number of rotatable bonds is 4. The van der Waals surface area contributed by atoms with Crippen molar-refractivity contribution >= 4 is 11.7 Å². The van der Waals surface area contributed by atoms with Gasteiger partial charge in [0.2, 0.25) is 0 Å². The number of fused-ring (bicyclic) bond motifs is 1. The summed E-state index contributed by atoms with van der Waals surface area (Å²) in [5.74, 6) is 0.931. The molecule has 0 bridgehead atoms. The van der Waals surface area contributed by atoms with Gasteiger partial charge in [0.1, 0.15) is 5.75 Å². The third kappa shape index (κ3) is 4.26. The third-order valence-electron chi connectivity index (χ3n) is 4.36. The highest BCUT2D eigenvalue weighted by molar-refractivity contribution is 5.89. The number of urea groups is 1. The van der Waals surface area contributed by atoms with Crippen LogP contribution in [0.15, 0.2) is 30.4 Å². The van der Waals surface area contributed by atoms with E-state index in [1.54, 1.807) is 0 Å². The minimum absolute atomic E-state index is 0.123. The molecule has 23 heavy (non-hydrogen) atoms. The standard InChI is InChI=1S/C18H25N3O2/c1-13(2)12-21-8-5-15(6-9-21)19-18(22)20-16-3-4-17-14(11-16)7-10-23-17/h3-4,11,15H,1,5-10,12H2,2H3,(H2,19,20,22). The molecule has 5 nitrogen and oxygen atoms in total. The summed E-state index contributed by atoms with van der Waals surface area (Å²) in [6.07, 6.45) is 2.88. The van der Waals surface area contributed by atoms with E-state index in [1.807, 2.05) is 18.2 Å². The largest absolute Gasteiger partial charge is 0.493 e. The second-order valence-corrected chi connectivity index (χ2v) is 6.53. The normalized spacial score (nSPS) is 18.1. The fourth-order valence-corrected chi connectivity index (χ4v) is 3.23. The topological polar surface area (TPSA) is 53.6 Å². The first-order valence-electron chi connectivity index (χ1n) is 8.30. The van der Waals surface area contributed by atoms with Crippen molar-refractivity contribution in [2.45, 2.75) is 32.2 Å². The molecule has 2 N–H and O–H groups in total. The average molecular weight is 315 g/mol. The molecule has 2 heterocycles. The lowest BCUT2D eigenvalue weighted by atomic mass is 10.0. The number of piperidine rings is 1. The molecule has 2 amide bonds. The molecule has 5 heteroatoms. The molecule has 0 atom stereocenters. The Bertz CT molecular complexity index is 592. The first kappa shape index (κ1) is 15.9. The van der Waals surface area contributed by atoms with Crippen LogP contribution in [0.5, 0.6) is 5.75 Å². The second kappa shape index (κ2) is 7.04. The number of carbonyl (C=O) groups excluding carboxylic acids is 1. The Morgan fingerprint density at radius 3 is 2.91 bits per heavy atom. The third-order valence-corrected chi connectivity index (χ3v) is 4.36. The van der Waals surface area contributed by atoms with Gasteiger partial charge in [0.15, 0.2) is 0 Å². The molecule has 124 valence electrons. The molecule has 2 aliphatic heterocycles. The SMILES string of the molecule is C=C(C)CN1CCC(NC(=O)Nc2ccc3c(c2)CCO3)CC1. The predicted octanol–water partition coefficient (Wildman–Crippen LogP) is 2.78. The fourth-order valence-electron chi connectivity index (χ4n) is 3.23. The van der Waals surface area contributed by atoms with Crippen LogP contribution in [0, 0.1) is 0 Å². The van der Waals surface area contributed by atoms with E-state index in [0.717, 1.165) is 62.5 Å². The smallest absolute Gasteiger partial charge is 0.319 e. The van der Waals surface area contributed by atoms with E-state index in [9.17, 15) is 4.79 Å². The summed E-state index contributed by atoms with van der Waals surface area (Å²) in [5.41, 5.74) is 3.18. The second-order valence-electron chi connectivity index (χ2n) is 6.53. The van der Waals surface area contributed by atoms with Crippen molar-refractivity contribution in [2.24, 2.45) is 0 Å². The summed E-state index contributed by atoms with van der Waals surface area (Å²) in [5, 5.41) is 6.01. The molecule has 1 fully saturated rings. The van der Waals surface area contributed by atoms with E-state index >= 15 is 0 Å². The lowest BCUT2D eigenvalue weighted by molar-refractivity contribution is 0.207. The van der Waals surface area contributed by atoms with Crippen molar-refractivity contribution in [3.63, 3.8) is 0 Å². The zero-order chi connectivity index (χ0) is 16.2. The van der Waals surface area contributed by atoms with Gasteiger partial charge in [-0.2, -0.15) is 0 Å². The van der Waals surface area contributed by atoms with Crippen molar-refractivity contribution in [3.05, 3.63) is 35.9 Å². The van der Waals surface area contributed by atoms with Crippen LogP contribution in [-0.2, 0) is 6.42 Å². The quantitative estimate of drug-likeness (QED) is 0.840. The highest BCUT2D eigenvalue weighted by Gasteiger charge is 2.20. The Morgan fingerprint density at radius 2 is 2.17 bits per heavy atom. The highest BCUT2D eigenvalue weighted by atomic mass is 16.5. The molecule has 1 aromatic rings. The number of ether oxygens (including phenoxy) is 1. The maximum absolute atomic E-state index is 12.2. The minimum atomic E-state index is -0.123. The summed E-state index contributed by atoms with van der Waals surface area (Å²) in [4.78, 5) is 14.5. The maximum Gasteiger partial charge on any atom is 0.319 e. The van der Waals surface area contributed by atoms with Gasteiger partial charge in [0, 0.05) is 37.8 Å². The number of benzene rings is 1. The number of anilines is 1. The Morgan fingerprint density at radius 1 is 1.39 bits per heavy atom. The summed E-state index contributed by atoms with van der Waals surface area (Å²) in [6.45, 7) is 9.71. The van der Waals surface area contributed by atoms with Gasteiger partial charge < -0.3 is 15.4 Å². The molecule has 3 rings (SSSR count). The van der Waals surface area contributed by atoms with Crippen LogP contribution < -0.4 is 15.4 Å². The van der Waals surface area contributed by atoms with Crippen LogP contribution in [0.1, 0.15) is 25.3 Å². The lowest BCUT2D eigenvalue weighted by Crippen LogP contribution is -2.46. The van der Waals surface area contributed by atoms with E-state index in [4.69, 9.17) is 4.74 Å². The van der Waals surface area contributed by atoms with Crippen LogP contribution >= 0.6 is 0 Å². The molecule has 0 saturated carbocycles. The first-order chi connectivity index (χ1) is 11.1. The number of nitrogens with zero attached hydrogens (tertiary/aromatic N) is 1. The van der Waals surface area contributed by atoms with E-state index in [2.05, 4.69) is 29.0 Å². The van der Waals surface area contributed by atoms with Gasteiger partial charge in [-0.1, -0.05) is 12.2 Å². The first-order valence-corrected chi connectivity index (χ1v) is 8.30. The number of likely N-dealkylation sites (tertiary alicyclic amines) is 1. The molecule has 0 spiro atoms. The minimum Gasteiger partial charge on any atom is -0.493 e. The van der Waals surface area contributed by atoms with Gasteiger partial charge in [-0.15, -0.1) is 0 Å². The van der Waals surface area contributed by atoms with Gasteiger partial charge in [-0.05, 0) is 43.5 Å². The Labute approximate surface area is 137 Å². The molecule has 0 aliphatic carbocycles. The monoisotopic (exact) mass is 315 g/mol. The molecule has 0 radical (unpaired) electrons. The molecular formula is C18H25N3O2. The van der Waals surface area contributed by atoms with Crippen LogP contribution in [0.3, 0.4) is 0 Å². The molecule has 0 unspecified atom stereocenters. The Hall–Kier alpha value is -2.01.